The van der Waals surface area contributed by atoms with Gasteiger partial charge in [-0.3, -0.25) is 0 Å². The van der Waals surface area contributed by atoms with Crippen molar-refractivity contribution < 1.29 is 8.42 Å². The smallest absolute Gasteiger partial charge is 0.264 e. The fourth-order valence-corrected chi connectivity index (χ4v) is 2.18. The predicted octanol–water partition coefficient (Wildman–Crippen LogP) is 2.53. The minimum atomic E-state index is -3.88. The molecule has 0 aromatic heterocycles. The van der Waals surface area contributed by atoms with Gasteiger partial charge in [-0.15, -0.1) is 0 Å². The molecule has 92 valence electrons. The maximum atomic E-state index is 11.4. The number of anilines is 1. The van der Waals surface area contributed by atoms with Gasteiger partial charge in [0.25, 0.3) is 10.0 Å². The van der Waals surface area contributed by atoms with Gasteiger partial charge in [-0.25, -0.2) is 8.42 Å². The zero-order valence-corrected chi connectivity index (χ0v) is 10.6. The molecule has 0 aliphatic rings. The minimum absolute atomic E-state index is 0.00575. The lowest BCUT2D eigenvalue weighted by Crippen LogP contribution is -2.21. The van der Waals surface area contributed by atoms with E-state index in [0.29, 0.717) is 0 Å². The largest absolute Gasteiger partial charge is 0.372 e. The quantitative estimate of drug-likeness (QED) is 0.459. The van der Waals surface area contributed by atoms with E-state index >= 15 is 0 Å². The van der Waals surface area contributed by atoms with Crippen LogP contribution in [0.5, 0.6) is 0 Å². The Morgan fingerprint density at radius 2 is 1.76 bits per heavy atom. The maximum Gasteiger partial charge on any atom is 0.264 e. The summed E-state index contributed by atoms with van der Waals surface area (Å²) in [6.07, 6.45) is 0. The average molecular weight is 254 g/mol. The summed E-state index contributed by atoms with van der Waals surface area (Å²) >= 11 is 0. The Hall–Kier alpha value is -1.72. The van der Waals surface area contributed by atoms with Crippen LogP contribution in [0, 0.1) is 0 Å². The van der Waals surface area contributed by atoms with Gasteiger partial charge in [0, 0.05) is 28.2 Å². The van der Waals surface area contributed by atoms with Gasteiger partial charge in [0.1, 0.15) is 0 Å². The number of azide groups is 1. The lowest BCUT2D eigenvalue weighted by atomic mass is 10.3. The molecule has 0 saturated carbocycles. The average Bonchev–Trinajstić information content (AvgIpc) is 2.31. The van der Waals surface area contributed by atoms with Crippen molar-refractivity contribution in [2.75, 3.05) is 18.0 Å². The zero-order valence-electron chi connectivity index (χ0n) is 9.74. The number of nitrogens with zero attached hydrogens (tertiary/aromatic N) is 4. The fraction of sp³-hybridized carbons (Fsp3) is 0.400. The van der Waals surface area contributed by atoms with Crippen LogP contribution in [0.2, 0.25) is 0 Å². The summed E-state index contributed by atoms with van der Waals surface area (Å²) < 4.78 is 25.6. The van der Waals surface area contributed by atoms with E-state index in [1.165, 1.54) is 12.1 Å². The van der Waals surface area contributed by atoms with E-state index in [-0.39, 0.29) is 4.90 Å². The van der Waals surface area contributed by atoms with Crippen LogP contribution >= 0.6 is 0 Å². The summed E-state index contributed by atoms with van der Waals surface area (Å²) in [6, 6.07) is 6.29. The van der Waals surface area contributed by atoms with E-state index in [1.807, 2.05) is 13.8 Å². The molecule has 0 atom stereocenters. The van der Waals surface area contributed by atoms with Crippen molar-refractivity contribution in [3.63, 3.8) is 0 Å². The van der Waals surface area contributed by atoms with E-state index in [9.17, 15) is 8.42 Å². The molecule has 0 radical (unpaired) electrons. The SMILES string of the molecule is CCN(CC)c1ccc(S(=O)(=O)N=[N+]=[N-])cc1. The van der Waals surface area contributed by atoms with Crippen LogP contribution in [-0.4, -0.2) is 21.5 Å². The number of rotatable bonds is 5. The van der Waals surface area contributed by atoms with Crippen molar-refractivity contribution >= 4 is 15.7 Å². The summed E-state index contributed by atoms with van der Waals surface area (Å²) in [7, 11) is -3.88. The van der Waals surface area contributed by atoms with Gasteiger partial charge in [0.05, 0.1) is 4.90 Å². The van der Waals surface area contributed by atoms with Crippen LogP contribution in [-0.2, 0) is 10.0 Å². The van der Waals surface area contributed by atoms with Crippen LogP contribution in [0.4, 0.5) is 5.69 Å². The Bertz CT molecular complexity index is 514. The second-order valence-electron chi connectivity index (χ2n) is 3.31. The van der Waals surface area contributed by atoms with Crippen molar-refractivity contribution in [2.24, 2.45) is 4.52 Å². The number of hydrogen-bond acceptors (Lipinski definition) is 3. The van der Waals surface area contributed by atoms with Crippen LogP contribution < -0.4 is 4.90 Å². The normalized spacial score (nSPS) is 10.7. The molecule has 0 aliphatic carbocycles. The first-order valence-electron chi connectivity index (χ1n) is 5.21. The second-order valence-corrected chi connectivity index (χ2v) is 4.90. The highest BCUT2D eigenvalue weighted by atomic mass is 32.2. The van der Waals surface area contributed by atoms with E-state index in [2.05, 4.69) is 14.3 Å². The van der Waals surface area contributed by atoms with E-state index in [1.54, 1.807) is 12.1 Å². The summed E-state index contributed by atoms with van der Waals surface area (Å²) in [5.41, 5.74) is 9.09. The summed E-state index contributed by atoms with van der Waals surface area (Å²) in [6.45, 7) is 5.74. The van der Waals surface area contributed by atoms with Gasteiger partial charge < -0.3 is 4.90 Å². The molecular weight excluding hydrogens is 240 g/mol. The number of sulfonamides is 1. The van der Waals surface area contributed by atoms with Gasteiger partial charge >= 0.3 is 0 Å². The first-order chi connectivity index (χ1) is 8.05. The fourth-order valence-electron chi connectivity index (χ4n) is 1.51. The standard InChI is InChI=1S/C10H14N4O2S/c1-3-14(4-2)9-5-7-10(8-6-9)17(15,16)13-12-11/h5-8H,3-4H2,1-2H3. The Morgan fingerprint density at radius 3 is 2.18 bits per heavy atom. The Balaban J connectivity index is 3.08. The summed E-state index contributed by atoms with van der Waals surface area (Å²) in [4.78, 5) is 4.39. The van der Waals surface area contributed by atoms with Crippen molar-refractivity contribution in [1.29, 1.82) is 0 Å². The third-order valence-corrected chi connectivity index (χ3v) is 3.56. The molecule has 0 amide bonds. The molecule has 0 fully saturated rings. The Kier molecular flexibility index (Phi) is 4.37. The van der Waals surface area contributed by atoms with Crippen LogP contribution in [0.25, 0.3) is 10.4 Å². The molecule has 0 unspecified atom stereocenters. The topological polar surface area (TPSA) is 86.1 Å². The van der Waals surface area contributed by atoms with Crippen LogP contribution in [0.1, 0.15) is 13.8 Å². The van der Waals surface area contributed by atoms with Crippen molar-refractivity contribution in [3.8, 4) is 0 Å². The van der Waals surface area contributed by atoms with Crippen molar-refractivity contribution in [3.05, 3.63) is 34.7 Å². The highest BCUT2D eigenvalue weighted by Crippen LogP contribution is 2.19. The van der Waals surface area contributed by atoms with Gasteiger partial charge in [0.15, 0.2) is 0 Å². The Labute approximate surface area is 101 Å². The van der Waals surface area contributed by atoms with E-state index in [0.717, 1.165) is 18.8 Å². The molecule has 1 aromatic carbocycles. The number of benzene rings is 1. The lowest BCUT2D eigenvalue weighted by Gasteiger charge is -2.20. The molecule has 1 rings (SSSR count). The third kappa shape index (κ3) is 3.12. The molecule has 1 aromatic rings. The molecule has 6 nitrogen and oxygen atoms in total. The lowest BCUT2D eigenvalue weighted by molar-refractivity contribution is 0.597. The van der Waals surface area contributed by atoms with Crippen LogP contribution in [0.3, 0.4) is 0 Å². The monoisotopic (exact) mass is 254 g/mol. The molecule has 0 N–H and O–H groups in total. The minimum Gasteiger partial charge on any atom is -0.372 e. The third-order valence-electron chi connectivity index (χ3n) is 2.41. The Morgan fingerprint density at radius 1 is 1.24 bits per heavy atom. The van der Waals surface area contributed by atoms with Gasteiger partial charge in [-0.1, -0.05) is 0 Å². The van der Waals surface area contributed by atoms with Crippen molar-refractivity contribution in [2.45, 2.75) is 18.7 Å². The predicted molar refractivity (Wildman–Crippen MR) is 66.3 cm³/mol. The molecule has 0 saturated heterocycles. The van der Waals surface area contributed by atoms with Crippen LogP contribution in [0.15, 0.2) is 33.7 Å². The first kappa shape index (κ1) is 13.3. The molecule has 0 heterocycles. The summed E-state index contributed by atoms with van der Waals surface area (Å²) in [5, 5.41) is 0. The molecule has 17 heavy (non-hydrogen) atoms. The van der Waals surface area contributed by atoms with Gasteiger partial charge in [0.2, 0.25) is 0 Å². The number of hydrogen-bond donors (Lipinski definition) is 0. The van der Waals surface area contributed by atoms with E-state index in [4.69, 9.17) is 5.53 Å². The van der Waals surface area contributed by atoms with E-state index < -0.39 is 10.0 Å². The second kappa shape index (κ2) is 5.56. The van der Waals surface area contributed by atoms with Crippen molar-refractivity contribution in [1.82, 2.24) is 0 Å². The van der Waals surface area contributed by atoms with Gasteiger partial charge in [-0.05, 0) is 43.6 Å². The molecule has 0 aliphatic heterocycles. The van der Waals surface area contributed by atoms with Gasteiger partial charge in [-0.2, -0.15) is 0 Å². The maximum absolute atomic E-state index is 11.4. The highest BCUT2D eigenvalue weighted by molar-refractivity contribution is 7.90. The molecular formula is C10H14N4O2S. The first-order valence-corrected chi connectivity index (χ1v) is 6.65. The summed E-state index contributed by atoms with van der Waals surface area (Å²) in [5.74, 6) is 0. The molecule has 0 bridgehead atoms. The molecule has 0 spiro atoms. The highest BCUT2D eigenvalue weighted by Gasteiger charge is 2.12. The zero-order chi connectivity index (χ0) is 12.9. The molecule has 7 heteroatoms.